The number of hydrogen-bond acceptors (Lipinski definition) is 1. The molecule has 10 atom stereocenters. The van der Waals surface area contributed by atoms with Crippen molar-refractivity contribution in [1.29, 1.82) is 0 Å². The summed E-state index contributed by atoms with van der Waals surface area (Å²) in [5, 5.41) is 11.6. The van der Waals surface area contributed by atoms with E-state index in [1.165, 1.54) is 70.6 Å². The third-order valence-corrected chi connectivity index (χ3v) is 12.5. The summed E-state index contributed by atoms with van der Waals surface area (Å²) in [6, 6.07) is 0. The van der Waals surface area contributed by atoms with Gasteiger partial charge < -0.3 is 5.11 Å². The minimum Gasteiger partial charge on any atom is -0.393 e. The second-order valence-corrected chi connectivity index (χ2v) is 13.9. The number of aliphatic hydroxyl groups excluding tert-OH is 1. The molecule has 0 aromatic rings. The molecule has 180 valence electrons. The third-order valence-electron chi connectivity index (χ3n) is 12.5. The first-order valence-electron chi connectivity index (χ1n) is 14.3. The zero-order valence-corrected chi connectivity index (χ0v) is 22.1. The van der Waals surface area contributed by atoms with Crippen molar-refractivity contribution >= 4 is 0 Å². The van der Waals surface area contributed by atoms with Crippen LogP contribution in [0.1, 0.15) is 126 Å². The Morgan fingerprint density at radius 2 is 1.58 bits per heavy atom. The summed E-state index contributed by atoms with van der Waals surface area (Å²) >= 11 is 0. The van der Waals surface area contributed by atoms with Gasteiger partial charge in [-0.25, -0.2) is 0 Å². The average molecular weight is 431 g/mol. The highest BCUT2D eigenvalue weighted by molar-refractivity contribution is 5.14. The molecule has 0 aromatic carbocycles. The van der Waals surface area contributed by atoms with E-state index in [1.54, 1.807) is 0 Å². The smallest absolute Gasteiger partial charge is 0.0579 e. The highest BCUT2D eigenvalue weighted by atomic mass is 16.3. The third kappa shape index (κ3) is 3.76. The van der Waals surface area contributed by atoms with Crippen molar-refractivity contribution in [2.75, 3.05) is 0 Å². The predicted octanol–water partition coefficient (Wildman–Crippen LogP) is 8.49. The van der Waals surface area contributed by atoms with Gasteiger partial charge in [0.2, 0.25) is 0 Å². The predicted molar refractivity (Wildman–Crippen MR) is 133 cm³/mol. The first-order valence-corrected chi connectivity index (χ1v) is 14.3. The Labute approximate surface area is 194 Å². The molecular formula is C30H54O. The van der Waals surface area contributed by atoms with Crippen molar-refractivity contribution in [3.05, 3.63) is 0 Å². The van der Waals surface area contributed by atoms with Gasteiger partial charge >= 0.3 is 0 Å². The molecule has 0 aromatic heterocycles. The van der Waals surface area contributed by atoms with E-state index >= 15 is 0 Å². The normalized spacial score (nSPS) is 49.3. The van der Waals surface area contributed by atoms with Gasteiger partial charge in [-0.15, -0.1) is 0 Å². The molecule has 0 saturated heterocycles. The van der Waals surface area contributed by atoms with Gasteiger partial charge in [0.25, 0.3) is 0 Å². The maximum Gasteiger partial charge on any atom is 0.0579 e. The lowest BCUT2D eigenvalue weighted by atomic mass is 9.39. The summed E-state index contributed by atoms with van der Waals surface area (Å²) < 4.78 is 0. The highest BCUT2D eigenvalue weighted by Gasteiger charge is 2.65. The van der Waals surface area contributed by atoms with Crippen LogP contribution in [0.15, 0.2) is 0 Å². The molecule has 0 aliphatic heterocycles. The van der Waals surface area contributed by atoms with Crippen molar-refractivity contribution < 1.29 is 5.11 Å². The molecule has 4 aliphatic carbocycles. The van der Waals surface area contributed by atoms with Crippen molar-refractivity contribution in [3.63, 3.8) is 0 Å². The zero-order chi connectivity index (χ0) is 22.6. The monoisotopic (exact) mass is 430 g/mol. The van der Waals surface area contributed by atoms with E-state index in [1.807, 2.05) is 0 Å². The lowest BCUT2D eigenvalue weighted by Gasteiger charge is -2.66. The number of fused-ring (bicyclic) bond motifs is 5. The summed E-state index contributed by atoms with van der Waals surface area (Å²) in [7, 11) is 0. The second-order valence-electron chi connectivity index (χ2n) is 13.9. The molecule has 0 amide bonds. The number of aliphatic hydroxyl groups is 1. The first kappa shape index (κ1) is 24.1. The molecule has 1 nitrogen and oxygen atoms in total. The Morgan fingerprint density at radius 1 is 0.871 bits per heavy atom. The van der Waals surface area contributed by atoms with E-state index in [9.17, 15) is 5.11 Å². The Morgan fingerprint density at radius 3 is 2.26 bits per heavy atom. The van der Waals surface area contributed by atoms with Gasteiger partial charge in [0.05, 0.1) is 6.10 Å². The summed E-state index contributed by atoms with van der Waals surface area (Å²) in [5.74, 6) is 5.54. The fraction of sp³-hybridized carbons (Fsp3) is 1.00. The maximum atomic E-state index is 11.6. The molecule has 4 aliphatic rings. The van der Waals surface area contributed by atoms with Crippen LogP contribution in [0.2, 0.25) is 0 Å². The Bertz CT molecular complexity index is 626. The topological polar surface area (TPSA) is 20.2 Å². The molecule has 1 heteroatoms. The van der Waals surface area contributed by atoms with Crippen LogP contribution in [0.3, 0.4) is 0 Å². The van der Waals surface area contributed by atoms with Crippen LogP contribution in [0, 0.1) is 57.7 Å². The van der Waals surface area contributed by atoms with Crippen LogP contribution >= 0.6 is 0 Å². The van der Waals surface area contributed by atoms with E-state index in [2.05, 4.69) is 48.5 Å². The molecule has 0 spiro atoms. The summed E-state index contributed by atoms with van der Waals surface area (Å²) in [4.78, 5) is 0. The summed E-state index contributed by atoms with van der Waals surface area (Å²) in [5.41, 5.74) is 1.31. The molecular weight excluding hydrogens is 376 g/mol. The van der Waals surface area contributed by atoms with Crippen molar-refractivity contribution in [2.24, 2.45) is 57.7 Å². The van der Waals surface area contributed by atoms with Crippen LogP contribution in [0.4, 0.5) is 0 Å². The van der Waals surface area contributed by atoms with Crippen LogP contribution in [0.5, 0.6) is 0 Å². The standard InChI is InChI=1S/C30H54O/c1-8-22(20(2)3)12-11-21(4)23-13-14-24-27-25(15-18-29(23,24)6)30(7)17-10-9-16-28(30,5)19-26(27)31/h20-27,31H,8-19H2,1-7H3/t21-,22?,23?,24?,25?,26?,27?,28?,29?,30?/m1/s1. The summed E-state index contributed by atoms with van der Waals surface area (Å²) in [6.45, 7) is 17.6. The van der Waals surface area contributed by atoms with E-state index in [0.29, 0.717) is 22.2 Å². The molecule has 31 heavy (non-hydrogen) atoms. The molecule has 0 bridgehead atoms. The molecule has 0 heterocycles. The molecule has 9 unspecified atom stereocenters. The van der Waals surface area contributed by atoms with E-state index in [0.717, 1.165) is 41.9 Å². The fourth-order valence-electron chi connectivity index (χ4n) is 10.3. The largest absolute Gasteiger partial charge is 0.393 e. The first-order chi connectivity index (χ1) is 14.6. The van der Waals surface area contributed by atoms with Gasteiger partial charge in [-0.1, -0.05) is 74.1 Å². The van der Waals surface area contributed by atoms with E-state index in [4.69, 9.17) is 0 Å². The lowest BCUT2D eigenvalue weighted by Crippen LogP contribution is -2.61. The quantitative estimate of drug-likeness (QED) is 0.448. The van der Waals surface area contributed by atoms with Gasteiger partial charge in [0.15, 0.2) is 0 Å². The minimum absolute atomic E-state index is 0.0507. The van der Waals surface area contributed by atoms with Crippen molar-refractivity contribution in [1.82, 2.24) is 0 Å². The molecule has 4 fully saturated rings. The lowest BCUT2D eigenvalue weighted by molar-refractivity contribution is -0.198. The van der Waals surface area contributed by atoms with Gasteiger partial charge in [0, 0.05) is 0 Å². The molecule has 1 N–H and O–H groups in total. The Hall–Kier alpha value is -0.0400. The van der Waals surface area contributed by atoms with Gasteiger partial charge in [0.1, 0.15) is 0 Å². The number of hydrogen-bond donors (Lipinski definition) is 1. The zero-order valence-electron chi connectivity index (χ0n) is 22.1. The minimum atomic E-state index is -0.0507. The Balaban J connectivity index is 1.51. The van der Waals surface area contributed by atoms with Crippen LogP contribution in [-0.2, 0) is 0 Å². The van der Waals surface area contributed by atoms with Crippen molar-refractivity contribution in [3.8, 4) is 0 Å². The van der Waals surface area contributed by atoms with Crippen LogP contribution < -0.4 is 0 Å². The fourth-order valence-corrected chi connectivity index (χ4v) is 10.3. The van der Waals surface area contributed by atoms with E-state index < -0.39 is 0 Å². The van der Waals surface area contributed by atoms with Gasteiger partial charge in [-0.2, -0.15) is 0 Å². The van der Waals surface area contributed by atoms with Gasteiger partial charge in [-0.3, -0.25) is 0 Å². The van der Waals surface area contributed by atoms with Gasteiger partial charge in [-0.05, 0) is 109 Å². The van der Waals surface area contributed by atoms with Crippen molar-refractivity contribution in [2.45, 2.75) is 132 Å². The SMILES string of the molecule is CCC(CC[C@@H](C)C1CCC2C3C(O)CC4(C)CCCCC4(C)C3CCC21C)C(C)C. The van der Waals surface area contributed by atoms with E-state index in [-0.39, 0.29) is 6.10 Å². The average Bonchev–Trinajstić information content (AvgIpc) is 3.06. The van der Waals surface area contributed by atoms with Crippen LogP contribution in [0.25, 0.3) is 0 Å². The highest BCUT2D eigenvalue weighted by Crippen LogP contribution is 2.71. The molecule has 4 saturated carbocycles. The summed E-state index contributed by atoms with van der Waals surface area (Å²) in [6.07, 6.45) is 16.4. The number of rotatable bonds is 6. The van der Waals surface area contributed by atoms with Crippen LogP contribution in [-0.4, -0.2) is 11.2 Å². The Kier molecular flexibility index (Phi) is 6.71. The molecule has 4 rings (SSSR count). The second kappa shape index (κ2) is 8.63. The maximum absolute atomic E-state index is 11.6. The molecule has 0 radical (unpaired) electrons.